The number of nitrogens with one attached hydrogen (secondary N) is 1. The number of carbonyl (C=O) groups excluding carboxylic acids is 2. The third-order valence-electron chi connectivity index (χ3n) is 8.09. The fraction of sp³-hybridized carbons (Fsp3) is 0.406. The number of nitrogens with zero attached hydrogens (tertiary/aromatic N) is 5. The second kappa shape index (κ2) is 12.9. The fourth-order valence-corrected chi connectivity index (χ4v) is 6.75. The van der Waals surface area contributed by atoms with E-state index in [4.69, 9.17) is 4.74 Å². The van der Waals surface area contributed by atoms with Crippen LogP contribution in [0.2, 0.25) is 0 Å². The van der Waals surface area contributed by atoms with E-state index < -0.39 is 6.04 Å². The van der Waals surface area contributed by atoms with Crippen LogP contribution in [0.3, 0.4) is 0 Å². The molecule has 0 radical (unpaired) electrons. The van der Waals surface area contributed by atoms with E-state index in [0.717, 1.165) is 78.8 Å². The summed E-state index contributed by atoms with van der Waals surface area (Å²) in [6.45, 7) is 2.34. The summed E-state index contributed by atoms with van der Waals surface area (Å²) in [6.07, 6.45) is 8.07. The molecule has 1 atom stereocenters. The number of ether oxygens (including phenoxy) is 1. The summed E-state index contributed by atoms with van der Waals surface area (Å²) < 4.78 is 5.68. The molecule has 1 N–H and O–H groups in total. The lowest BCUT2D eigenvalue weighted by Gasteiger charge is -2.35. The molecule has 2 aromatic heterocycles. The lowest BCUT2D eigenvalue weighted by molar-refractivity contribution is -0.127. The van der Waals surface area contributed by atoms with Crippen LogP contribution in [0.4, 0.5) is 5.69 Å². The van der Waals surface area contributed by atoms with Crippen molar-refractivity contribution in [3.8, 4) is 16.5 Å². The maximum atomic E-state index is 14.4. The second-order valence-corrected chi connectivity index (χ2v) is 11.8. The Morgan fingerprint density at radius 3 is 2.62 bits per heavy atom. The molecule has 1 saturated carbocycles. The second-order valence-electron chi connectivity index (χ2n) is 10.9. The van der Waals surface area contributed by atoms with Crippen LogP contribution < -0.4 is 15.0 Å². The number of rotatable bonds is 10. The zero-order chi connectivity index (χ0) is 28.9. The highest BCUT2D eigenvalue weighted by Gasteiger charge is 2.36. The Morgan fingerprint density at radius 2 is 1.86 bits per heavy atom. The summed E-state index contributed by atoms with van der Waals surface area (Å²) in [4.78, 5) is 32.5. The van der Waals surface area contributed by atoms with Crippen molar-refractivity contribution in [3.05, 3.63) is 76.7 Å². The van der Waals surface area contributed by atoms with E-state index in [1.807, 2.05) is 60.8 Å². The van der Waals surface area contributed by atoms with Crippen LogP contribution in [0.5, 0.6) is 5.75 Å². The first-order chi connectivity index (χ1) is 20.6. The van der Waals surface area contributed by atoms with Crippen LogP contribution >= 0.6 is 11.3 Å². The van der Waals surface area contributed by atoms with Gasteiger partial charge >= 0.3 is 0 Å². The molecule has 2 aromatic carbocycles. The van der Waals surface area contributed by atoms with Crippen molar-refractivity contribution in [1.82, 2.24) is 25.5 Å². The normalized spacial score (nSPS) is 15.6. The summed E-state index contributed by atoms with van der Waals surface area (Å²) >= 11 is 1.52. The Balaban J connectivity index is 1.41. The number of fused-ring (bicyclic) bond motifs is 1. The van der Waals surface area contributed by atoms with Gasteiger partial charge in [0.15, 0.2) is 0 Å². The molecule has 0 aliphatic heterocycles. The van der Waals surface area contributed by atoms with Gasteiger partial charge in [0, 0.05) is 11.7 Å². The van der Waals surface area contributed by atoms with Gasteiger partial charge in [-0.25, -0.2) is 0 Å². The van der Waals surface area contributed by atoms with E-state index in [0.29, 0.717) is 12.4 Å². The average molecular weight is 585 g/mol. The quantitative estimate of drug-likeness (QED) is 0.264. The molecule has 2 aliphatic carbocycles. The summed E-state index contributed by atoms with van der Waals surface area (Å²) in [5.74, 6) is 0.741. The molecule has 1 fully saturated rings. The van der Waals surface area contributed by atoms with E-state index in [-0.39, 0.29) is 24.4 Å². The number of aromatic nitrogens is 4. The molecular weight excluding hydrogens is 548 g/mol. The minimum absolute atomic E-state index is 0.106. The number of aryl methyl sites for hydroxylation is 1. The molecule has 4 aromatic rings. The minimum Gasteiger partial charge on any atom is -0.494 e. The molecular formula is C32H36N6O3S. The lowest BCUT2D eigenvalue weighted by atomic mass is 9.89. The van der Waals surface area contributed by atoms with Gasteiger partial charge in [-0.2, -0.15) is 4.80 Å². The molecule has 0 saturated heterocycles. The number of hydrogen-bond donors (Lipinski definition) is 1. The minimum atomic E-state index is -0.873. The van der Waals surface area contributed by atoms with Gasteiger partial charge in [-0.15, -0.1) is 21.5 Å². The molecule has 42 heavy (non-hydrogen) atoms. The largest absolute Gasteiger partial charge is 0.494 e. The number of tetrazole rings is 1. The molecule has 0 bridgehead atoms. The Kier molecular flexibility index (Phi) is 8.60. The van der Waals surface area contributed by atoms with Gasteiger partial charge in [-0.05, 0) is 97.0 Å². The number of amides is 2. The summed E-state index contributed by atoms with van der Waals surface area (Å²) in [5, 5.41) is 18.1. The van der Waals surface area contributed by atoms with E-state index in [1.54, 1.807) is 4.90 Å². The first-order valence-electron chi connectivity index (χ1n) is 14.9. The number of thiophene rings is 1. The van der Waals surface area contributed by atoms with Crippen molar-refractivity contribution < 1.29 is 14.3 Å². The van der Waals surface area contributed by atoms with Crippen LogP contribution in [-0.2, 0) is 29.0 Å². The molecule has 0 spiro atoms. The molecule has 10 heteroatoms. The van der Waals surface area contributed by atoms with Crippen molar-refractivity contribution >= 4 is 28.8 Å². The Morgan fingerprint density at radius 1 is 1.05 bits per heavy atom. The van der Waals surface area contributed by atoms with Crippen LogP contribution in [-0.4, -0.2) is 44.7 Å². The van der Waals surface area contributed by atoms with Crippen LogP contribution in [0.25, 0.3) is 10.7 Å². The highest BCUT2D eigenvalue weighted by molar-refractivity contribution is 7.13. The SMILES string of the molecule is CCOc1ccc([C@@H](C(=O)NC2CCCC2)N(C(=O)Cn2nnc(-c3cccs3)n2)c2cccc3c2CCCC3)cc1. The summed E-state index contributed by atoms with van der Waals surface area (Å²) in [5.41, 5.74) is 3.86. The number of carbonyl (C=O) groups is 2. The Labute approximate surface area is 249 Å². The predicted molar refractivity (Wildman–Crippen MR) is 162 cm³/mol. The number of benzene rings is 2. The Hall–Kier alpha value is -4.05. The van der Waals surface area contributed by atoms with Crippen molar-refractivity contribution in [3.63, 3.8) is 0 Å². The molecule has 218 valence electrons. The maximum absolute atomic E-state index is 14.4. The standard InChI is InChI=1S/C32H36N6O3S/c1-2-41-25-18-16-23(17-19-25)30(32(40)33-24-11-4-5-12-24)38(27-14-7-10-22-9-3-6-13-26(22)27)29(39)21-37-35-31(34-36-37)28-15-8-20-42-28/h7-8,10,14-20,24,30H,2-6,9,11-13,21H2,1H3,(H,33,40)/t30-/m0/s1. The predicted octanol–water partition coefficient (Wildman–Crippen LogP) is 5.51. The molecule has 2 amide bonds. The highest BCUT2D eigenvalue weighted by atomic mass is 32.1. The van der Waals surface area contributed by atoms with Gasteiger partial charge in [-0.3, -0.25) is 14.5 Å². The third-order valence-corrected chi connectivity index (χ3v) is 8.95. The monoisotopic (exact) mass is 584 g/mol. The van der Waals surface area contributed by atoms with Crippen LogP contribution in [0.15, 0.2) is 60.0 Å². The molecule has 9 nitrogen and oxygen atoms in total. The van der Waals surface area contributed by atoms with Crippen molar-refractivity contribution in [2.24, 2.45) is 0 Å². The van der Waals surface area contributed by atoms with Gasteiger partial charge in [0.1, 0.15) is 18.3 Å². The number of hydrogen-bond acceptors (Lipinski definition) is 7. The van der Waals surface area contributed by atoms with Gasteiger partial charge in [-0.1, -0.05) is 43.2 Å². The van der Waals surface area contributed by atoms with Crippen LogP contribution in [0.1, 0.15) is 68.2 Å². The first kappa shape index (κ1) is 28.1. The summed E-state index contributed by atoms with van der Waals surface area (Å²) in [6, 6.07) is 16.7. The summed E-state index contributed by atoms with van der Waals surface area (Å²) in [7, 11) is 0. The zero-order valence-electron chi connectivity index (χ0n) is 23.9. The maximum Gasteiger partial charge on any atom is 0.251 e. The van der Waals surface area contributed by atoms with Gasteiger partial charge < -0.3 is 10.1 Å². The van der Waals surface area contributed by atoms with Crippen molar-refractivity contribution in [1.29, 1.82) is 0 Å². The lowest BCUT2D eigenvalue weighted by Crippen LogP contribution is -2.47. The average Bonchev–Trinajstić information content (AvgIpc) is 3.80. The van der Waals surface area contributed by atoms with Gasteiger partial charge in [0.2, 0.25) is 11.7 Å². The highest BCUT2D eigenvalue weighted by Crippen LogP contribution is 2.36. The fourth-order valence-electron chi connectivity index (χ4n) is 6.10. The third kappa shape index (κ3) is 6.09. The van der Waals surface area contributed by atoms with E-state index >= 15 is 0 Å². The van der Waals surface area contributed by atoms with Gasteiger partial charge in [0.05, 0.1) is 11.5 Å². The number of anilines is 1. The molecule has 2 heterocycles. The molecule has 0 unspecified atom stereocenters. The molecule has 6 rings (SSSR count). The van der Waals surface area contributed by atoms with E-state index in [9.17, 15) is 9.59 Å². The first-order valence-corrected chi connectivity index (χ1v) is 15.8. The Bertz CT molecular complexity index is 1510. The smallest absolute Gasteiger partial charge is 0.251 e. The van der Waals surface area contributed by atoms with Crippen molar-refractivity contribution in [2.45, 2.75) is 76.9 Å². The van der Waals surface area contributed by atoms with Gasteiger partial charge in [0.25, 0.3) is 5.91 Å². The topological polar surface area (TPSA) is 102 Å². The van der Waals surface area contributed by atoms with E-state index in [1.165, 1.54) is 21.7 Å². The molecule has 2 aliphatic rings. The van der Waals surface area contributed by atoms with Crippen molar-refractivity contribution in [2.75, 3.05) is 11.5 Å². The van der Waals surface area contributed by atoms with E-state index in [2.05, 4.69) is 26.8 Å². The zero-order valence-corrected chi connectivity index (χ0v) is 24.7. The van der Waals surface area contributed by atoms with Crippen LogP contribution in [0, 0.1) is 0 Å².